The second-order valence-electron chi connectivity index (χ2n) is 6.80. The van der Waals surface area contributed by atoms with Crippen molar-refractivity contribution in [2.75, 3.05) is 37.7 Å². The zero-order chi connectivity index (χ0) is 19.2. The molecule has 148 valence electrons. The number of hydrogen-bond acceptors (Lipinski definition) is 7. The van der Waals surface area contributed by atoms with Crippen molar-refractivity contribution in [1.82, 2.24) is 25.1 Å². The van der Waals surface area contributed by atoms with Crippen molar-refractivity contribution in [3.63, 3.8) is 0 Å². The first-order valence-electron chi connectivity index (χ1n) is 9.58. The van der Waals surface area contributed by atoms with Crippen LogP contribution >= 0.6 is 11.8 Å². The van der Waals surface area contributed by atoms with E-state index in [2.05, 4.69) is 29.2 Å². The lowest BCUT2D eigenvalue weighted by molar-refractivity contribution is -0.121. The van der Waals surface area contributed by atoms with Gasteiger partial charge in [0, 0.05) is 31.3 Å². The highest BCUT2D eigenvalue weighted by Gasteiger charge is 2.20. The number of amides is 1. The number of hydrogen-bond donors (Lipinski definition) is 1. The summed E-state index contributed by atoms with van der Waals surface area (Å²) in [7, 11) is 0. The van der Waals surface area contributed by atoms with Gasteiger partial charge < -0.3 is 15.0 Å². The van der Waals surface area contributed by atoms with E-state index in [9.17, 15) is 4.79 Å². The van der Waals surface area contributed by atoms with Gasteiger partial charge in [-0.2, -0.15) is 5.10 Å². The third-order valence-corrected chi connectivity index (χ3v) is 5.09. The molecule has 0 aliphatic carbocycles. The number of nitrogens with zero attached hydrogens (tertiary/aromatic N) is 5. The maximum atomic E-state index is 11.7. The molecule has 1 aliphatic rings. The lowest BCUT2D eigenvalue weighted by Gasteiger charge is -2.28. The highest BCUT2D eigenvalue weighted by atomic mass is 32.2. The number of carbonyl (C=O) groups is 1. The van der Waals surface area contributed by atoms with Crippen LogP contribution in [-0.4, -0.2) is 63.8 Å². The standard InChI is InChI=1S/C18H28N6O2S/c1-4-5-15(25)19-6-7-24-17-14(12-20-24)16(23-8-10-26-11-9-23)21-18(22-17)27-13(2)3/h12-13H,4-11H2,1-3H3,(H,19,25). The van der Waals surface area contributed by atoms with Crippen molar-refractivity contribution in [2.24, 2.45) is 0 Å². The molecule has 27 heavy (non-hydrogen) atoms. The summed E-state index contributed by atoms with van der Waals surface area (Å²) in [6.45, 7) is 10.4. The molecule has 1 aliphatic heterocycles. The van der Waals surface area contributed by atoms with Crippen LogP contribution in [0.1, 0.15) is 33.6 Å². The topological polar surface area (TPSA) is 85.2 Å². The van der Waals surface area contributed by atoms with Crippen LogP contribution in [-0.2, 0) is 16.1 Å². The molecular weight excluding hydrogens is 364 g/mol. The molecule has 1 fully saturated rings. The van der Waals surface area contributed by atoms with Crippen molar-refractivity contribution in [3.8, 4) is 0 Å². The van der Waals surface area contributed by atoms with Crippen LogP contribution in [0.25, 0.3) is 11.0 Å². The summed E-state index contributed by atoms with van der Waals surface area (Å²) >= 11 is 1.65. The van der Waals surface area contributed by atoms with E-state index in [0.29, 0.717) is 38.0 Å². The maximum absolute atomic E-state index is 11.7. The Balaban J connectivity index is 1.85. The minimum atomic E-state index is 0.0774. The zero-order valence-electron chi connectivity index (χ0n) is 16.3. The summed E-state index contributed by atoms with van der Waals surface area (Å²) in [5, 5.41) is 9.55. The van der Waals surface area contributed by atoms with E-state index in [1.807, 2.05) is 17.8 Å². The number of ether oxygens (including phenoxy) is 1. The van der Waals surface area contributed by atoms with Gasteiger partial charge in [0.25, 0.3) is 0 Å². The van der Waals surface area contributed by atoms with Crippen LogP contribution in [0.5, 0.6) is 0 Å². The number of anilines is 1. The molecule has 0 bridgehead atoms. The largest absolute Gasteiger partial charge is 0.378 e. The van der Waals surface area contributed by atoms with Crippen molar-refractivity contribution < 1.29 is 9.53 Å². The second kappa shape index (κ2) is 9.36. The molecule has 1 N–H and O–H groups in total. The van der Waals surface area contributed by atoms with E-state index in [-0.39, 0.29) is 5.91 Å². The Kier molecular flexibility index (Phi) is 6.89. The maximum Gasteiger partial charge on any atom is 0.220 e. The van der Waals surface area contributed by atoms with E-state index >= 15 is 0 Å². The van der Waals surface area contributed by atoms with Gasteiger partial charge in [-0.15, -0.1) is 0 Å². The monoisotopic (exact) mass is 392 g/mol. The van der Waals surface area contributed by atoms with E-state index in [4.69, 9.17) is 14.7 Å². The number of aromatic nitrogens is 4. The Morgan fingerprint density at radius 1 is 1.33 bits per heavy atom. The summed E-state index contributed by atoms with van der Waals surface area (Å²) in [6, 6.07) is 0. The van der Waals surface area contributed by atoms with Gasteiger partial charge in [0.2, 0.25) is 5.91 Å². The van der Waals surface area contributed by atoms with Crippen LogP contribution in [0.4, 0.5) is 5.82 Å². The average molecular weight is 393 g/mol. The Morgan fingerprint density at radius 3 is 2.81 bits per heavy atom. The summed E-state index contributed by atoms with van der Waals surface area (Å²) in [6.07, 6.45) is 3.23. The third-order valence-electron chi connectivity index (χ3n) is 4.23. The normalized spacial score (nSPS) is 14.9. The van der Waals surface area contributed by atoms with Crippen molar-refractivity contribution in [3.05, 3.63) is 6.20 Å². The van der Waals surface area contributed by atoms with Gasteiger partial charge >= 0.3 is 0 Å². The fourth-order valence-corrected chi connectivity index (χ4v) is 3.68. The van der Waals surface area contributed by atoms with Gasteiger partial charge in [-0.25, -0.2) is 14.6 Å². The molecule has 1 saturated heterocycles. The number of rotatable bonds is 8. The number of nitrogens with one attached hydrogen (secondary N) is 1. The predicted molar refractivity (Wildman–Crippen MR) is 107 cm³/mol. The second-order valence-corrected chi connectivity index (χ2v) is 8.34. The van der Waals surface area contributed by atoms with Crippen molar-refractivity contribution >= 4 is 34.5 Å². The molecule has 2 aromatic rings. The van der Waals surface area contributed by atoms with Gasteiger partial charge in [0.05, 0.1) is 31.3 Å². The minimum Gasteiger partial charge on any atom is -0.378 e. The van der Waals surface area contributed by atoms with E-state index in [1.54, 1.807) is 11.8 Å². The molecule has 8 nitrogen and oxygen atoms in total. The van der Waals surface area contributed by atoms with E-state index < -0.39 is 0 Å². The summed E-state index contributed by atoms with van der Waals surface area (Å²) < 4.78 is 7.34. The number of carbonyl (C=O) groups excluding carboxylic acids is 1. The van der Waals surface area contributed by atoms with Gasteiger partial charge in [-0.3, -0.25) is 4.79 Å². The Hall–Kier alpha value is -1.87. The number of morpholine rings is 1. The number of thioether (sulfide) groups is 1. The highest BCUT2D eigenvalue weighted by Crippen LogP contribution is 2.29. The molecule has 3 heterocycles. The van der Waals surface area contributed by atoms with Gasteiger partial charge in [0.15, 0.2) is 10.8 Å². The fourth-order valence-electron chi connectivity index (χ4n) is 2.98. The molecule has 0 unspecified atom stereocenters. The molecule has 0 atom stereocenters. The summed E-state index contributed by atoms with van der Waals surface area (Å²) in [5.41, 5.74) is 0.819. The minimum absolute atomic E-state index is 0.0774. The Bertz CT molecular complexity index is 773. The molecule has 1 amide bonds. The summed E-state index contributed by atoms with van der Waals surface area (Å²) in [4.78, 5) is 23.5. The Labute approximate surface area is 164 Å². The first-order valence-corrected chi connectivity index (χ1v) is 10.5. The molecule has 0 aromatic carbocycles. The molecule has 2 aromatic heterocycles. The predicted octanol–water partition coefficient (Wildman–Crippen LogP) is 2.08. The first-order chi connectivity index (χ1) is 13.1. The SMILES string of the molecule is CCCC(=O)NCCn1ncc2c(N3CCOCC3)nc(SC(C)C)nc21. The molecular formula is C18H28N6O2S. The van der Waals surface area contributed by atoms with Crippen LogP contribution < -0.4 is 10.2 Å². The molecule has 9 heteroatoms. The molecule has 0 saturated carbocycles. The lowest BCUT2D eigenvalue weighted by Crippen LogP contribution is -2.37. The smallest absolute Gasteiger partial charge is 0.220 e. The number of fused-ring (bicyclic) bond motifs is 1. The zero-order valence-corrected chi connectivity index (χ0v) is 17.1. The van der Waals surface area contributed by atoms with Crippen LogP contribution in [0.15, 0.2) is 11.4 Å². The quantitative estimate of drug-likeness (QED) is 0.544. The molecule has 0 radical (unpaired) electrons. The summed E-state index contributed by atoms with van der Waals surface area (Å²) in [5.74, 6) is 1.00. The van der Waals surface area contributed by atoms with Gasteiger partial charge in [0.1, 0.15) is 5.82 Å². The van der Waals surface area contributed by atoms with Crippen LogP contribution in [0, 0.1) is 0 Å². The molecule has 0 spiro atoms. The molecule has 3 rings (SSSR count). The first kappa shape index (κ1) is 19.9. The Morgan fingerprint density at radius 2 is 2.11 bits per heavy atom. The third kappa shape index (κ3) is 5.10. The van der Waals surface area contributed by atoms with Gasteiger partial charge in [-0.1, -0.05) is 32.5 Å². The van der Waals surface area contributed by atoms with Crippen molar-refractivity contribution in [2.45, 2.75) is 50.6 Å². The average Bonchev–Trinajstić information content (AvgIpc) is 3.04. The fraction of sp³-hybridized carbons (Fsp3) is 0.667. The van der Waals surface area contributed by atoms with Crippen LogP contribution in [0.3, 0.4) is 0 Å². The van der Waals surface area contributed by atoms with Crippen LogP contribution in [0.2, 0.25) is 0 Å². The van der Waals surface area contributed by atoms with Gasteiger partial charge in [-0.05, 0) is 6.42 Å². The lowest BCUT2D eigenvalue weighted by atomic mass is 10.3. The van der Waals surface area contributed by atoms with Crippen molar-refractivity contribution in [1.29, 1.82) is 0 Å². The van der Waals surface area contributed by atoms with E-state index in [1.165, 1.54) is 0 Å². The highest BCUT2D eigenvalue weighted by molar-refractivity contribution is 7.99. The van der Waals surface area contributed by atoms with E-state index in [0.717, 1.165) is 41.5 Å².